The van der Waals surface area contributed by atoms with Crippen LogP contribution in [0.4, 0.5) is 11.4 Å². The fourth-order valence-electron chi connectivity index (χ4n) is 3.23. The van der Waals surface area contributed by atoms with Crippen molar-refractivity contribution in [3.05, 3.63) is 70.1 Å². The molecule has 0 atom stereocenters. The maximum atomic E-state index is 12.5. The lowest BCUT2D eigenvalue weighted by atomic mass is 10.1. The van der Waals surface area contributed by atoms with Gasteiger partial charge in [-0.25, -0.2) is 4.79 Å². The summed E-state index contributed by atoms with van der Waals surface area (Å²) in [5.74, 6) is -0.498. The number of carbonyl (C=O) groups excluding carboxylic acids is 2. The molecule has 0 fully saturated rings. The zero-order valence-electron chi connectivity index (χ0n) is 14.1. The predicted molar refractivity (Wildman–Crippen MR) is 98.6 cm³/mol. The number of hydrogen-bond acceptors (Lipinski definition) is 4. The zero-order chi connectivity index (χ0) is 18.3. The van der Waals surface area contributed by atoms with Gasteiger partial charge in [-0.3, -0.25) is 9.59 Å². The second-order valence-electron chi connectivity index (χ2n) is 6.10. The van der Waals surface area contributed by atoms with E-state index in [-0.39, 0.29) is 11.5 Å². The second-order valence-corrected chi connectivity index (χ2v) is 6.10. The Kier molecular flexibility index (Phi) is 3.80. The van der Waals surface area contributed by atoms with Crippen LogP contribution < -0.4 is 15.8 Å². The van der Waals surface area contributed by atoms with Gasteiger partial charge in [-0.15, -0.1) is 0 Å². The van der Waals surface area contributed by atoms with E-state index < -0.39 is 11.5 Å². The third kappa shape index (κ3) is 2.65. The van der Waals surface area contributed by atoms with Gasteiger partial charge in [0.15, 0.2) is 0 Å². The number of fused-ring (bicyclic) bond motifs is 2. The fourth-order valence-corrected chi connectivity index (χ4v) is 3.23. The molecule has 0 bridgehead atoms. The number of benzene rings is 2. The van der Waals surface area contributed by atoms with Crippen molar-refractivity contribution < 1.29 is 14.0 Å². The minimum absolute atomic E-state index is 0.0427. The first-order valence-corrected chi connectivity index (χ1v) is 8.34. The molecule has 2 amide bonds. The molecule has 1 aromatic heterocycles. The summed E-state index contributed by atoms with van der Waals surface area (Å²) in [5, 5.41) is 3.39. The molecule has 6 nitrogen and oxygen atoms in total. The van der Waals surface area contributed by atoms with Gasteiger partial charge in [0.1, 0.15) is 11.1 Å². The van der Waals surface area contributed by atoms with Gasteiger partial charge in [0.2, 0.25) is 5.91 Å². The van der Waals surface area contributed by atoms with E-state index >= 15 is 0 Å². The molecule has 6 heteroatoms. The summed E-state index contributed by atoms with van der Waals surface area (Å²) in [6.07, 6.45) is 0.311. The molecular formula is C20H16N2O4. The van der Waals surface area contributed by atoms with Crippen molar-refractivity contribution in [2.24, 2.45) is 0 Å². The highest BCUT2D eigenvalue weighted by Gasteiger charge is 2.26. The van der Waals surface area contributed by atoms with E-state index in [0.29, 0.717) is 29.6 Å². The van der Waals surface area contributed by atoms with Gasteiger partial charge < -0.3 is 14.6 Å². The van der Waals surface area contributed by atoms with Crippen LogP contribution in [0.5, 0.6) is 0 Å². The fraction of sp³-hybridized carbons (Fsp3) is 0.150. The summed E-state index contributed by atoms with van der Waals surface area (Å²) in [5.41, 5.74) is 1.95. The van der Waals surface area contributed by atoms with Crippen molar-refractivity contribution in [3.8, 4) is 0 Å². The lowest BCUT2D eigenvalue weighted by Crippen LogP contribution is -2.25. The Morgan fingerprint density at radius 3 is 2.77 bits per heavy atom. The largest absolute Gasteiger partial charge is 0.422 e. The number of hydrogen-bond donors (Lipinski definition) is 1. The summed E-state index contributed by atoms with van der Waals surface area (Å²) >= 11 is 0. The van der Waals surface area contributed by atoms with Crippen molar-refractivity contribution in [3.63, 3.8) is 0 Å². The van der Waals surface area contributed by atoms with Crippen LogP contribution in [0.2, 0.25) is 0 Å². The van der Waals surface area contributed by atoms with Gasteiger partial charge in [-0.1, -0.05) is 18.2 Å². The highest BCUT2D eigenvalue weighted by molar-refractivity contribution is 6.06. The number of anilines is 2. The number of nitrogens with one attached hydrogen (secondary N) is 1. The van der Waals surface area contributed by atoms with Crippen molar-refractivity contribution in [1.29, 1.82) is 0 Å². The quantitative estimate of drug-likeness (QED) is 0.738. The summed E-state index contributed by atoms with van der Waals surface area (Å²) in [6, 6.07) is 13.8. The molecule has 3 aromatic rings. The van der Waals surface area contributed by atoms with Crippen molar-refractivity contribution in [2.45, 2.75) is 13.3 Å². The van der Waals surface area contributed by atoms with Crippen LogP contribution in [0.25, 0.3) is 11.0 Å². The van der Waals surface area contributed by atoms with Gasteiger partial charge in [-0.05, 0) is 42.8 Å². The topological polar surface area (TPSA) is 79.6 Å². The molecule has 4 rings (SSSR count). The molecule has 0 aliphatic carbocycles. The molecule has 0 unspecified atom stereocenters. The van der Waals surface area contributed by atoms with Crippen LogP contribution in [0.15, 0.2) is 57.7 Å². The predicted octanol–water partition coefficient (Wildman–Crippen LogP) is 2.95. The number of para-hydroxylation sites is 1. The first-order chi connectivity index (χ1) is 12.6. The molecule has 1 aliphatic rings. The summed E-state index contributed by atoms with van der Waals surface area (Å²) < 4.78 is 5.20. The molecule has 26 heavy (non-hydrogen) atoms. The summed E-state index contributed by atoms with van der Waals surface area (Å²) in [6.45, 7) is 2.53. The first kappa shape index (κ1) is 16.1. The van der Waals surface area contributed by atoms with Gasteiger partial charge in [0, 0.05) is 23.3 Å². The van der Waals surface area contributed by atoms with Gasteiger partial charge in [0.05, 0.1) is 6.42 Å². The molecule has 0 saturated heterocycles. The van der Waals surface area contributed by atoms with Crippen molar-refractivity contribution in [2.75, 3.05) is 16.8 Å². The Hall–Kier alpha value is -3.41. The third-order valence-corrected chi connectivity index (χ3v) is 4.47. The molecule has 0 radical (unpaired) electrons. The maximum Gasteiger partial charge on any atom is 0.349 e. The number of amides is 2. The Morgan fingerprint density at radius 2 is 1.96 bits per heavy atom. The van der Waals surface area contributed by atoms with Crippen LogP contribution in [0.3, 0.4) is 0 Å². The number of carbonyl (C=O) groups is 2. The minimum Gasteiger partial charge on any atom is -0.422 e. The van der Waals surface area contributed by atoms with Crippen LogP contribution in [-0.4, -0.2) is 18.4 Å². The zero-order valence-corrected chi connectivity index (χ0v) is 14.1. The molecule has 0 spiro atoms. The van der Waals surface area contributed by atoms with Crippen molar-refractivity contribution in [1.82, 2.24) is 0 Å². The molecule has 1 aliphatic heterocycles. The van der Waals surface area contributed by atoms with E-state index in [1.165, 1.54) is 6.07 Å². The average Bonchev–Trinajstić information content (AvgIpc) is 2.95. The molecule has 1 N–H and O–H groups in total. The summed E-state index contributed by atoms with van der Waals surface area (Å²) in [4.78, 5) is 38.3. The smallest absolute Gasteiger partial charge is 0.349 e. The molecule has 2 aromatic carbocycles. The van der Waals surface area contributed by atoms with E-state index in [9.17, 15) is 14.4 Å². The van der Waals surface area contributed by atoms with E-state index in [1.54, 1.807) is 41.3 Å². The van der Waals surface area contributed by atoms with Crippen LogP contribution in [-0.2, 0) is 11.2 Å². The summed E-state index contributed by atoms with van der Waals surface area (Å²) in [7, 11) is 0. The van der Waals surface area contributed by atoms with E-state index in [0.717, 1.165) is 11.3 Å². The lowest BCUT2D eigenvalue weighted by molar-refractivity contribution is -0.117. The van der Waals surface area contributed by atoms with E-state index in [1.807, 2.05) is 13.0 Å². The molecular weight excluding hydrogens is 332 g/mol. The van der Waals surface area contributed by atoms with Crippen LogP contribution in [0, 0.1) is 0 Å². The van der Waals surface area contributed by atoms with Crippen LogP contribution >= 0.6 is 0 Å². The van der Waals surface area contributed by atoms with Crippen LogP contribution in [0.1, 0.15) is 22.8 Å². The number of nitrogens with zero attached hydrogens (tertiary/aromatic N) is 1. The standard InChI is InChI=1S/C20H16N2O4/c1-2-22-16-8-7-14(9-13(16)11-18(22)23)21-19(24)15-10-12-5-3-4-6-17(12)26-20(15)25/h3-10H,2,11H2,1H3,(H,21,24). The number of likely N-dealkylation sites (N-methyl/N-ethyl adjacent to an activating group) is 1. The SMILES string of the molecule is CCN1C(=O)Cc2cc(NC(=O)c3cc4ccccc4oc3=O)ccc21. The maximum absolute atomic E-state index is 12.5. The Morgan fingerprint density at radius 1 is 1.15 bits per heavy atom. The van der Waals surface area contributed by atoms with E-state index in [4.69, 9.17) is 4.42 Å². The Balaban J connectivity index is 1.63. The average molecular weight is 348 g/mol. The monoisotopic (exact) mass is 348 g/mol. The third-order valence-electron chi connectivity index (χ3n) is 4.47. The van der Waals surface area contributed by atoms with Gasteiger partial charge in [-0.2, -0.15) is 0 Å². The van der Waals surface area contributed by atoms with Gasteiger partial charge in [0.25, 0.3) is 5.91 Å². The first-order valence-electron chi connectivity index (χ1n) is 8.34. The molecule has 2 heterocycles. The highest BCUT2D eigenvalue weighted by atomic mass is 16.4. The van der Waals surface area contributed by atoms with Gasteiger partial charge >= 0.3 is 5.63 Å². The van der Waals surface area contributed by atoms with E-state index in [2.05, 4.69) is 5.32 Å². The lowest BCUT2D eigenvalue weighted by Gasteiger charge is -2.14. The normalized spacial score (nSPS) is 13.1. The Labute approximate surface area is 149 Å². The Bertz CT molecular complexity index is 1100. The highest BCUT2D eigenvalue weighted by Crippen LogP contribution is 2.31. The molecule has 130 valence electrons. The number of rotatable bonds is 3. The second kappa shape index (κ2) is 6.15. The molecule has 0 saturated carbocycles. The van der Waals surface area contributed by atoms with Crippen molar-refractivity contribution >= 4 is 34.2 Å². The minimum atomic E-state index is -0.685.